The largest absolute Gasteiger partial charge is 0.497 e. The van der Waals surface area contributed by atoms with Crippen LogP contribution in [0.25, 0.3) is 11.4 Å². The Morgan fingerprint density at radius 1 is 1.03 bits per heavy atom. The molecule has 0 aliphatic carbocycles. The second-order valence-electron chi connectivity index (χ2n) is 7.16. The first kappa shape index (κ1) is 21.3. The zero-order valence-corrected chi connectivity index (χ0v) is 18.5. The Labute approximate surface area is 190 Å². The van der Waals surface area contributed by atoms with Crippen molar-refractivity contribution in [2.45, 2.75) is 13.5 Å². The van der Waals surface area contributed by atoms with Gasteiger partial charge >= 0.3 is 0 Å². The number of anilines is 1. The fraction of sp³-hybridized carbons (Fsp3) is 0.125. The molecule has 32 heavy (non-hydrogen) atoms. The lowest BCUT2D eigenvalue weighted by Gasteiger charge is -2.10. The Kier molecular flexibility index (Phi) is 6.32. The van der Waals surface area contributed by atoms with Crippen molar-refractivity contribution in [3.05, 3.63) is 83.1 Å². The normalized spacial score (nSPS) is 10.6. The number of amides is 1. The predicted octanol–water partition coefficient (Wildman–Crippen LogP) is 5.36. The van der Waals surface area contributed by atoms with Gasteiger partial charge in [-0.05, 0) is 85.4 Å². The molecule has 4 aromatic rings. The standard InChI is InChI=1S/C24H22N4O3S/c1-16-4-3-5-21(14-16)31-20-12-8-18(9-13-20)25-22(29)15-28-23(26-27-24(28)32)17-6-10-19(30-2)11-7-17/h3-14H,15H2,1-2H3,(H,25,29)(H,27,32). The number of hydrogen-bond donors (Lipinski definition) is 2. The predicted molar refractivity (Wildman–Crippen MR) is 126 cm³/mol. The Morgan fingerprint density at radius 3 is 2.44 bits per heavy atom. The molecule has 3 aromatic carbocycles. The molecule has 0 radical (unpaired) electrons. The van der Waals surface area contributed by atoms with Crippen LogP contribution in [0.5, 0.6) is 17.2 Å². The van der Waals surface area contributed by atoms with Crippen molar-refractivity contribution in [3.8, 4) is 28.6 Å². The smallest absolute Gasteiger partial charge is 0.244 e. The average molecular weight is 447 g/mol. The number of nitrogens with zero attached hydrogens (tertiary/aromatic N) is 2. The fourth-order valence-corrected chi connectivity index (χ4v) is 3.39. The third-order valence-electron chi connectivity index (χ3n) is 4.77. The number of benzene rings is 3. The van der Waals surface area contributed by atoms with E-state index in [9.17, 15) is 4.79 Å². The number of methoxy groups -OCH3 is 1. The van der Waals surface area contributed by atoms with Gasteiger partial charge in [-0.2, -0.15) is 5.10 Å². The number of rotatable bonds is 7. The maximum atomic E-state index is 12.7. The topological polar surface area (TPSA) is 81.2 Å². The van der Waals surface area contributed by atoms with Gasteiger partial charge in [-0.15, -0.1) is 0 Å². The second kappa shape index (κ2) is 9.49. The van der Waals surface area contributed by atoms with Gasteiger partial charge in [0.1, 0.15) is 23.8 Å². The summed E-state index contributed by atoms with van der Waals surface area (Å²) in [6.07, 6.45) is 0. The van der Waals surface area contributed by atoms with E-state index in [0.29, 0.717) is 22.0 Å². The summed E-state index contributed by atoms with van der Waals surface area (Å²) in [6.45, 7) is 2.04. The van der Waals surface area contributed by atoms with Crippen LogP contribution < -0.4 is 14.8 Å². The zero-order valence-electron chi connectivity index (χ0n) is 17.7. The highest BCUT2D eigenvalue weighted by Crippen LogP contribution is 2.24. The molecule has 0 aliphatic heterocycles. The van der Waals surface area contributed by atoms with Crippen LogP contribution in [0.1, 0.15) is 5.56 Å². The third kappa shape index (κ3) is 5.04. The van der Waals surface area contributed by atoms with Crippen molar-refractivity contribution in [2.75, 3.05) is 12.4 Å². The first-order valence-electron chi connectivity index (χ1n) is 9.96. The van der Waals surface area contributed by atoms with E-state index in [-0.39, 0.29) is 12.5 Å². The monoisotopic (exact) mass is 446 g/mol. The molecule has 7 nitrogen and oxygen atoms in total. The Morgan fingerprint density at radius 2 is 1.75 bits per heavy atom. The summed E-state index contributed by atoms with van der Waals surface area (Å²) in [4.78, 5) is 12.7. The molecule has 8 heteroatoms. The Hall–Kier alpha value is -3.91. The molecule has 0 unspecified atom stereocenters. The summed E-state index contributed by atoms with van der Waals surface area (Å²) < 4.78 is 13.1. The van der Waals surface area contributed by atoms with Crippen LogP contribution in [0.15, 0.2) is 72.8 Å². The molecule has 0 saturated heterocycles. The van der Waals surface area contributed by atoms with Crippen molar-refractivity contribution < 1.29 is 14.3 Å². The lowest BCUT2D eigenvalue weighted by atomic mass is 10.2. The molecular weight excluding hydrogens is 424 g/mol. The van der Waals surface area contributed by atoms with E-state index < -0.39 is 0 Å². The number of aromatic nitrogens is 3. The quantitative estimate of drug-likeness (QED) is 0.374. The van der Waals surface area contributed by atoms with Gasteiger partial charge in [-0.3, -0.25) is 14.5 Å². The lowest BCUT2D eigenvalue weighted by Crippen LogP contribution is -2.19. The van der Waals surface area contributed by atoms with Gasteiger partial charge < -0.3 is 14.8 Å². The summed E-state index contributed by atoms with van der Waals surface area (Å²) in [6, 6.07) is 22.4. The first-order chi connectivity index (χ1) is 15.5. The highest BCUT2D eigenvalue weighted by atomic mass is 32.1. The van der Waals surface area contributed by atoms with Gasteiger partial charge in [-0.25, -0.2) is 0 Å². The van der Waals surface area contributed by atoms with Crippen LogP contribution in [-0.4, -0.2) is 27.8 Å². The molecule has 2 N–H and O–H groups in total. The number of carbonyl (C=O) groups excluding carboxylic acids is 1. The highest BCUT2D eigenvalue weighted by Gasteiger charge is 2.13. The maximum absolute atomic E-state index is 12.7. The van der Waals surface area contributed by atoms with Crippen molar-refractivity contribution in [3.63, 3.8) is 0 Å². The molecule has 0 bridgehead atoms. The highest BCUT2D eigenvalue weighted by molar-refractivity contribution is 7.71. The molecule has 0 aliphatic rings. The molecule has 1 aromatic heterocycles. The van der Waals surface area contributed by atoms with Gasteiger partial charge in [0.2, 0.25) is 5.91 Å². The second-order valence-corrected chi connectivity index (χ2v) is 7.54. The van der Waals surface area contributed by atoms with Gasteiger partial charge in [0.25, 0.3) is 0 Å². The molecule has 4 rings (SSSR count). The molecular formula is C24H22N4O3S. The van der Waals surface area contributed by atoms with Gasteiger partial charge in [0.15, 0.2) is 10.6 Å². The van der Waals surface area contributed by atoms with E-state index in [1.54, 1.807) is 23.8 Å². The van der Waals surface area contributed by atoms with E-state index >= 15 is 0 Å². The van der Waals surface area contributed by atoms with Crippen molar-refractivity contribution >= 4 is 23.8 Å². The molecule has 1 amide bonds. The molecule has 0 fully saturated rings. The van der Waals surface area contributed by atoms with Crippen molar-refractivity contribution in [1.82, 2.24) is 14.8 Å². The van der Waals surface area contributed by atoms with Crippen LogP contribution in [0, 0.1) is 11.7 Å². The summed E-state index contributed by atoms with van der Waals surface area (Å²) in [5.41, 5.74) is 2.61. The third-order valence-corrected chi connectivity index (χ3v) is 5.08. The van der Waals surface area contributed by atoms with E-state index in [2.05, 4.69) is 15.5 Å². The zero-order chi connectivity index (χ0) is 22.5. The fourth-order valence-electron chi connectivity index (χ4n) is 3.19. The Balaban J connectivity index is 1.43. The number of aryl methyl sites for hydroxylation is 1. The first-order valence-corrected chi connectivity index (χ1v) is 10.4. The van der Waals surface area contributed by atoms with Gasteiger partial charge in [0, 0.05) is 11.3 Å². The summed E-state index contributed by atoms with van der Waals surface area (Å²) >= 11 is 5.32. The lowest BCUT2D eigenvalue weighted by molar-refractivity contribution is -0.116. The summed E-state index contributed by atoms with van der Waals surface area (Å²) in [5, 5.41) is 9.90. The van der Waals surface area contributed by atoms with Crippen LogP contribution in [0.3, 0.4) is 0 Å². The van der Waals surface area contributed by atoms with E-state index in [1.807, 2.05) is 67.6 Å². The minimum absolute atomic E-state index is 0.0260. The number of ether oxygens (including phenoxy) is 2. The van der Waals surface area contributed by atoms with Crippen molar-refractivity contribution in [2.24, 2.45) is 0 Å². The minimum Gasteiger partial charge on any atom is -0.497 e. The van der Waals surface area contributed by atoms with Crippen LogP contribution >= 0.6 is 12.2 Å². The summed E-state index contributed by atoms with van der Waals surface area (Å²) in [7, 11) is 1.61. The number of nitrogens with one attached hydrogen (secondary N) is 2. The van der Waals surface area contributed by atoms with Gasteiger partial charge in [0.05, 0.1) is 7.11 Å². The number of hydrogen-bond acceptors (Lipinski definition) is 5. The molecule has 0 spiro atoms. The number of H-pyrrole nitrogens is 1. The van der Waals surface area contributed by atoms with Crippen molar-refractivity contribution in [1.29, 1.82) is 0 Å². The van der Waals surface area contributed by atoms with E-state index in [0.717, 1.165) is 22.6 Å². The number of aromatic amines is 1. The van der Waals surface area contributed by atoms with Crippen LogP contribution in [0.4, 0.5) is 5.69 Å². The Bertz CT molecular complexity index is 1280. The minimum atomic E-state index is -0.218. The van der Waals surface area contributed by atoms with Crippen LogP contribution in [-0.2, 0) is 11.3 Å². The number of carbonyl (C=O) groups is 1. The molecule has 162 valence electrons. The molecule has 0 saturated carbocycles. The average Bonchev–Trinajstić information content (AvgIpc) is 3.15. The SMILES string of the molecule is COc1ccc(-c2n[nH]c(=S)n2CC(=O)Nc2ccc(Oc3cccc(C)c3)cc2)cc1. The van der Waals surface area contributed by atoms with Gasteiger partial charge in [-0.1, -0.05) is 12.1 Å². The summed E-state index contributed by atoms with van der Waals surface area (Å²) in [5.74, 6) is 2.55. The molecule has 0 atom stereocenters. The maximum Gasteiger partial charge on any atom is 0.244 e. The van der Waals surface area contributed by atoms with E-state index in [4.69, 9.17) is 21.7 Å². The van der Waals surface area contributed by atoms with E-state index in [1.165, 1.54) is 0 Å². The molecule has 1 heterocycles. The van der Waals surface area contributed by atoms with Crippen LogP contribution in [0.2, 0.25) is 0 Å².